The van der Waals surface area contributed by atoms with E-state index in [-0.39, 0.29) is 15.9 Å². The van der Waals surface area contributed by atoms with E-state index in [0.717, 1.165) is 12.1 Å². The standard InChI is InChI=1S/C12H7BrF2N2O2/c13-7-4-9(15)10(5-8(7)14)17-6-1-2-16-11(3-6)12(18)19/h1-5H,(H,16,17)(H,18,19). The number of halogens is 3. The highest BCUT2D eigenvalue weighted by Crippen LogP contribution is 2.26. The van der Waals surface area contributed by atoms with Crippen molar-refractivity contribution in [2.45, 2.75) is 0 Å². The van der Waals surface area contributed by atoms with E-state index in [1.54, 1.807) is 0 Å². The Hall–Kier alpha value is -2.02. The topological polar surface area (TPSA) is 62.2 Å². The van der Waals surface area contributed by atoms with Gasteiger partial charge >= 0.3 is 5.97 Å². The van der Waals surface area contributed by atoms with Gasteiger partial charge in [0, 0.05) is 18.0 Å². The minimum Gasteiger partial charge on any atom is -0.477 e. The fourth-order valence-electron chi connectivity index (χ4n) is 1.40. The first kappa shape index (κ1) is 13.4. The normalized spacial score (nSPS) is 10.3. The van der Waals surface area contributed by atoms with E-state index >= 15 is 0 Å². The highest BCUT2D eigenvalue weighted by atomic mass is 79.9. The van der Waals surface area contributed by atoms with Crippen molar-refractivity contribution >= 4 is 33.3 Å². The molecule has 0 radical (unpaired) electrons. The van der Waals surface area contributed by atoms with Gasteiger partial charge in [-0.25, -0.2) is 18.6 Å². The second kappa shape index (κ2) is 5.31. The third-order valence-corrected chi connectivity index (χ3v) is 2.88. The summed E-state index contributed by atoms with van der Waals surface area (Å²) in [7, 11) is 0. The van der Waals surface area contributed by atoms with Crippen molar-refractivity contribution in [3.63, 3.8) is 0 Å². The molecule has 0 unspecified atom stereocenters. The highest BCUT2D eigenvalue weighted by molar-refractivity contribution is 9.10. The summed E-state index contributed by atoms with van der Waals surface area (Å²) >= 11 is 2.87. The number of pyridine rings is 1. The van der Waals surface area contributed by atoms with Crippen LogP contribution in [0.2, 0.25) is 0 Å². The van der Waals surface area contributed by atoms with Crippen LogP contribution in [0.25, 0.3) is 0 Å². The van der Waals surface area contributed by atoms with Crippen molar-refractivity contribution in [2.75, 3.05) is 5.32 Å². The first-order valence-corrected chi connectivity index (χ1v) is 5.87. The Morgan fingerprint density at radius 3 is 2.68 bits per heavy atom. The molecule has 1 aromatic carbocycles. The van der Waals surface area contributed by atoms with Gasteiger partial charge in [0.1, 0.15) is 17.3 Å². The number of hydrogen-bond donors (Lipinski definition) is 2. The molecule has 1 aromatic heterocycles. The van der Waals surface area contributed by atoms with Crippen LogP contribution in [0, 0.1) is 11.6 Å². The fourth-order valence-corrected chi connectivity index (χ4v) is 1.71. The smallest absolute Gasteiger partial charge is 0.354 e. The number of anilines is 2. The van der Waals surface area contributed by atoms with Crippen LogP contribution in [-0.2, 0) is 0 Å². The average molecular weight is 329 g/mol. The molecule has 0 fully saturated rings. The number of nitrogens with zero attached hydrogens (tertiary/aromatic N) is 1. The minimum atomic E-state index is -1.20. The molecule has 7 heteroatoms. The van der Waals surface area contributed by atoms with Crippen LogP contribution in [0.3, 0.4) is 0 Å². The van der Waals surface area contributed by atoms with Crippen LogP contribution in [-0.4, -0.2) is 16.1 Å². The van der Waals surface area contributed by atoms with E-state index in [1.807, 2.05) is 0 Å². The molecule has 0 aliphatic carbocycles. The Morgan fingerprint density at radius 2 is 2.00 bits per heavy atom. The van der Waals surface area contributed by atoms with E-state index in [4.69, 9.17) is 5.11 Å². The molecular weight excluding hydrogens is 322 g/mol. The second-order valence-corrected chi connectivity index (χ2v) is 4.46. The van der Waals surface area contributed by atoms with Gasteiger partial charge in [-0.3, -0.25) is 0 Å². The number of carboxylic acid groups (broad SMARTS) is 1. The Labute approximate surface area is 115 Å². The summed E-state index contributed by atoms with van der Waals surface area (Å²) in [6.45, 7) is 0. The lowest BCUT2D eigenvalue weighted by Crippen LogP contribution is -2.02. The third kappa shape index (κ3) is 3.05. The summed E-state index contributed by atoms with van der Waals surface area (Å²) in [6, 6.07) is 4.63. The second-order valence-electron chi connectivity index (χ2n) is 3.61. The molecule has 0 saturated heterocycles. The van der Waals surface area contributed by atoms with Crippen LogP contribution in [0.5, 0.6) is 0 Å². The summed E-state index contributed by atoms with van der Waals surface area (Å²) in [5.41, 5.74) is 0.0132. The van der Waals surface area contributed by atoms with Crippen LogP contribution in [0.1, 0.15) is 10.5 Å². The van der Waals surface area contributed by atoms with Gasteiger partial charge in [0.25, 0.3) is 0 Å². The largest absolute Gasteiger partial charge is 0.477 e. The molecule has 98 valence electrons. The van der Waals surface area contributed by atoms with Gasteiger partial charge in [-0.15, -0.1) is 0 Å². The molecule has 2 aromatic rings. The summed E-state index contributed by atoms with van der Waals surface area (Å²) in [6.07, 6.45) is 1.26. The molecule has 0 saturated carbocycles. The van der Waals surface area contributed by atoms with Crippen LogP contribution >= 0.6 is 15.9 Å². The lowest BCUT2D eigenvalue weighted by molar-refractivity contribution is 0.0690. The molecule has 0 aliphatic heterocycles. The third-order valence-electron chi connectivity index (χ3n) is 2.27. The Bertz CT molecular complexity index is 650. The van der Waals surface area contributed by atoms with E-state index in [1.165, 1.54) is 18.3 Å². The van der Waals surface area contributed by atoms with Crippen molar-refractivity contribution in [2.24, 2.45) is 0 Å². The maximum absolute atomic E-state index is 13.6. The molecule has 19 heavy (non-hydrogen) atoms. The van der Waals surface area contributed by atoms with Gasteiger partial charge in [0.2, 0.25) is 0 Å². The summed E-state index contributed by atoms with van der Waals surface area (Å²) in [5, 5.41) is 11.4. The van der Waals surface area contributed by atoms with Gasteiger partial charge in [0.05, 0.1) is 10.2 Å². The monoisotopic (exact) mass is 328 g/mol. The molecule has 4 nitrogen and oxygen atoms in total. The zero-order valence-corrected chi connectivity index (χ0v) is 10.9. The van der Waals surface area contributed by atoms with Crippen molar-refractivity contribution in [1.82, 2.24) is 4.98 Å². The number of aromatic carboxylic acids is 1. The van der Waals surface area contributed by atoms with Gasteiger partial charge in [-0.05, 0) is 34.1 Å². The van der Waals surface area contributed by atoms with Gasteiger partial charge in [-0.1, -0.05) is 0 Å². The van der Waals surface area contributed by atoms with Gasteiger partial charge in [0.15, 0.2) is 0 Å². The number of carboxylic acids is 1. The van der Waals surface area contributed by atoms with E-state index < -0.39 is 17.6 Å². The Kier molecular flexibility index (Phi) is 3.75. The van der Waals surface area contributed by atoms with E-state index in [2.05, 4.69) is 26.2 Å². The lowest BCUT2D eigenvalue weighted by Gasteiger charge is -2.08. The number of nitrogens with one attached hydrogen (secondary N) is 1. The van der Waals surface area contributed by atoms with Crippen molar-refractivity contribution in [3.05, 3.63) is 52.3 Å². The SMILES string of the molecule is O=C(O)c1cc(Nc2cc(F)c(Br)cc2F)ccn1. The lowest BCUT2D eigenvalue weighted by atomic mass is 10.2. The zero-order chi connectivity index (χ0) is 14.0. The molecule has 2 N–H and O–H groups in total. The summed E-state index contributed by atoms with van der Waals surface area (Å²) < 4.78 is 26.9. The highest BCUT2D eigenvalue weighted by Gasteiger charge is 2.10. The summed E-state index contributed by atoms with van der Waals surface area (Å²) in [5.74, 6) is -2.50. The van der Waals surface area contributed by atoms with Crippen molar-refractivity contribution < 1.29 is 18.7 Å². The summed E-state index contributed by atoms with van der Waals surface area (Å²) in [4.78, 5) is 14.4. The van der Waals surface area contributed by atoms with Gasteiger partial charge in [-0.2, -0.15) is 0 Å². The molecule has 2 rings (SSSR count). The van der Waals surface area contributed by atoms with Crippen molar-refractivity contribution in [3.8, 4) is 0 Å². The maximum atomic E-state index is 13.6. The van der Waals surface area contributed by atoms with Crippen LogP contribution in [0.15, 0.2) is 34.9 Å². The van der Waals surface area contributed by atoms with Gasteiger partial charge < -0.3 is 10.4 Å². The number of aromatic nitrogens is 1. The molecule has 0 spiro atoms. The Morgan fingerprint density at radius 1 is 1.26 bits per heavy atom. The number of benzene rings is 1. The molecule has 0 amide bonds. The zero-order valence-electron chi connectivity index (χ0n) is 9.32. The number of carbonyl (C=O) groups is 1. The quantitative estimate of drug-likeness (QED) is 0.845. The fraction of sp³-hybridized carbons (Fsp3) is 0. The Balaban J connectivity index is 2.33. The first-order valence-electron chi connectivity index (χ1n) is 5.08. The molecular formula is C12H7BrF2N2O2. The molecule has 0 bridgehead atoms. The molecule has 1 heterocycles. The minimum absolute atomic E-state index is 0.0107. The van der Waals surface area contributed by atoms with Crippen LogP contribution in [0.4, 0.5) is 20.2 Å². The van der Waals surface area contributed by atoms with E-state index in [9.17, 15) is 13.6 Å². The molecule has 0 aliphatic rings. The average Bonchev–Trinajstić information content (AvgIpc) is 2.36. The first-order chi connectivity index (χ1) is 8.97. The van der Waals surface area contributed by atoms with Crippen molar-refractivity contribution in [1.29, 1.82) is 0 Å². The number of hydrogen-bond acceptors (Lipinski definition) is 3. The molecule has 0 atom stereocenters. The van der Waals surface area contributed by atoms with E-state index in [0.29, 0.717) is 5.69 Å². The predicted molar refractivity (Wildman–Crippen MR) is 68.5 cm³/mol. The maximum Gasteiger partial charge on any atom is 0.354 e. The van der Waals surface area contributed by atoms with Crippen LogP contribution < -0.4 is 5.32 Å². The number of rotatable bonds is 3. The predicted octanol–water partition coefficient (Wildman–Crippen LogP) is 3.56.